The van der Waals surface area contributed by atoms with Gasteiger partial charge < -0.3 is 19.6 Å². The maximum Gasteiger partial charge on any atom is 0.303 e. The number of ether oxygens (including phenoxy) is 1. The van der Waals surface area contributed by atoms with E-state index in [0.29, 0.717) is 18.4 Å². The summed E-state index contributed by atoms with van der Waals surface area (Å²) in [5.41, 5.74) is 0. The molecular weight excluding hydrogens is 232 g/mol. The molecule has 5 heteroatoms. The molecule has 2 heterocycles. The van der Waals surface area contributed by atoms with Crippen molar-refractivity contribution in [2.75, 3.05) is 46.4 Å². The van der Waals surface area contributed by atoms with Gasteiger partial charge >= 0.3 is 5.97 Å². The average Bonchev–Trinajstić information content (AvgIpc) is 2.31. The summed E-state index contributed by atoms with van der Waals surface area (Å²) >= 11 is 0. The molecule has 0 aromatic heterocycles. The minimum atomic E-state index is -0.661. The zero-order valence-electron chi connectivity index (χ0n) is 11.2. The van der Waals surface area contributed by atoms with Crippen LogP contribution < -0.4 is 0 Å². The molecule has 18 heavy (non-hydrogen) atoms. The lowest BCUT2D eigenvalue weighted by atomic mass is 9.93. The van der Waals surface area contributed by atoms with Gasteiger partial charge in [-0.2, -0.15) is 0 Å². The van der Waals surface area contributed by atoms with Crippen LogP contribution in [0.1, 0.15) is 19.3 Å². The molecule has 2 rings (SSSR count). The van der Waals surface area contributed by atoms with Gasteiger partial charge in [0.25, 0.3) is 0 Å². The molecule has 104 valence electrons. The Kier molecular flexibility index (Phi) is 4.97. The van der Waals surface area contributed by atoms with Crippen molar-refractivity contribution in [3.63, 3.8) is 0 Å². The third-order valence-electron chi connectivity index (χ3n) is 3.97. The second-order valence-corrected chi connectivity index (χ2v) is 5.60. The molecule has 2 aliphatic rings. The fraction of sp³-hybridized carbons (Fsp3) is 0.923. The Morgan fingerprint density at radius 1 is 1.33 bits per heavy atom. The van der Waals surface area contributed by atoms with Gasteiger partial charge in [0.05, 0.1) is 12.7 Å². The van der Waals surface area contributed by atoms with Gasteiger partial charge in [0.15, 0.2) is 0 Å². The van der Waals surface area contributed by atoms with E-state index in [1.807, 2.05) is 0 Å². The summed E-state index contributed by atoms with van der Waals surface area (Å²) < 4.78 is 5.77. The number of likely N-dealkylation sites (N-methyl/N-ethyl adjacent to an activating group) is 1. The molecule has 2 aliphatic heterocycles. The number of carboxylic acids is 1. The van der Waals surface area contributed by atoms with Crippen LogP contribution in [0, 0.1) is 5.92 Å². The van der Waals surface area contributed by atoms with Crippen molar-refractivity contribution < 1.29 is 14.6 Å². The second-order valence-electron chi connectivity index (χ2n) is 5.60. The largest absolute Gasteiger partial charge is 0.481 e. The number of carbonyl (C=O) groups is 1. The summed E-state index contributed by atoms with van der Waals surface area (Å²) in [5, 5.41) is 8.78. The van der Waals surface area contributed by atoms with Crippen molar-refractivity contribution in [1.82, 2.24) is 9.80 Å². The number of hydrogen-bond acceptors (Lipinski definition) is 4. The smallest absolute Gasteiger partial charge is 0.303 e. The number of morpholine rings is 1. The van der Waals surface area contributed by atoms with E-state index in [1.54, 1.807) is 0 Å². The maximum atomic E-state index is 10.7. The summed E-state index contributed by atoms with van der Waals surface area (Å²) in [4.78, 5) is 15.4. The van der Waals surface area contributed by atoms with Gasteiger partial charge in [-0.15, -0.1) is 0 Å². The van der Waals surface area contributed by atoms with Gasteiger partial charge in [-0.25, -0.2) is 0 Å². The van der Waals surface area contributed by atoms with Crippen molar-refractivity contribution in [1.29, 1.82) is 0 Å². The minimum absolute atomic E-state index is 0.319. The summed E-state index contributed by atoms with van der Waals surface area (Å²) in [6.07, 6.45) is 2.67. The van der Waals surface area contributed by atoms with E-state index in [-0.39, 0.29) is 0 Å². The first-order chi connectivity index (χ1) is 8.63. The van der Waals surface area contributed by atoms with Crippen molar-refractivity contribution in [3.05, 3.63) is 0 Å². The number of piperidine rings is 1. The Morgan fingerprint density at radius 2 is 2.06 bits per heavy atom. The molecular formula is C13H24N2O3. The van der Waals surface area contributed by atoms with Crippen molar-refractivity contribution >= 4 is 5.97 Å². The third kappa shape index (κ3) is 4.23. The van der Waals surface area contributed by atoms with E-state index in [9.17, 15) is 4.79 Å². The molecule has 1 N–H and O–H groups in total. The summed E-state index contributed by atoms with van der Waals surface area (Å²) in [6, 6.07) is 0. The summed E-state index contributed by atoms with van der Waals surface area (Å²) in [6.45, 7) is 5.88. The van der Waals surface area contributed by atoms with E-state index in [4.69, 9.17) is 9.84 Å². The molecule has 1 unspecified atom stereocenters. The minimum Gasteiger partial charge on any atom is -0.481 e. The lowest BCUT2D eigenvalue weighted by molar-refractivity contribution is -0.138. The number of likely N-dealkylation sites (tertiary alicyclic amines) is 1. The van der Waals surface area contributed by atoms with E-state index in [1.165, 1.54) is 0 Å². The molecule has 0 radical (unpaired) electrons. The van der Waals surface area contributed by atoms with Crippen LogP contribution in [0.4, 0.5) is 0 Å². The normalized spacial score (nSPS) is 28.4. The summed E-state index contributed by atoms with van der Waals surface area (Å²) in [5.74, 6) is -0.292. The van der Waals surface area contributed by atoms with Crippen LogP contribution in [0.3, 0.4) is 0 Å². The molecule has 0 aromatic rings. The number of carboxylic acid groups (broad SMARTS) is 1. The van der Waals surface area contributed by atoms with Gasteiger partial charge in [0.1, 0.15) is 0 Å². The van der Waals surface area contributed by atoms with E-state index in [2.05, 4.69) is 16.8 Å². The number of hydrogen-bond donors (Lipinski definition) is 1. The molecule has 5 nitrogen and oxygen atoms in total. The monoisotopic (exact) mass is 256 g/mol. The number of rotatable bonds is 4. The lowest BCUT2D eigenvalue weighted by Gasteiger charge is -2.37. The SMILES string of the molecule is CN1CCOC(CN2CCC(CC(=O)O)CC2)C1. The Labute approximate surface area is 109 Å². The van der Waals surface area contributed by atoms with Crippen LogP contribution in [-0.4, -0.2) is 73.4 Å². The van der Waals surface area contributed by atoms with Crippen molar-refractivity contribution in [2.24, 2.45) is 5.92 Å². The lowest BCUT2D eigenvalue weighted by Crippen LogP contribution is -2.47. The molecule has 0 saturated carbocycles. The Balaban J connectivity index is 1.68. The third-order valence-corrected chi connectivity index (χ3v) is 3.97. The van der Waals surface area contributed by atoms with Gasteiger partial charge in [-0.1, -0.05) is 0 Å². The highest BCUT2D eigenvalue weighted by atomic mass is 16.5. The van der Waals surface area contributed by atoms with Crippen LogP contribution >= 0.6 is 0 Å². The van der Waals surface area contributed by atoms with Gasteiger partial charge in [-0.3, -0.25) is 4.79 Å². The first-order valence-corrected chi connectivity index (χ1v) is 6.88. The van der Waals surface area contributed by atoms with Crippen LogP contribution in [-0.2, 0) is 9.53 Å². The summed E-state index contributed by atoms with van der Waals surface area (Å²) in [7, 11) is 2.13. The molecule has 2 fully saturated rings. The second kappa shape index (κ2) is 6.50. The fourth-order valence-corrected chi connectivity index (χ4v) is 2.89. The average molecular weight is 256 g/mol. The predicted octanol–water partition coefficient (Wildman–Crippen LogP) is 0.504. The highest BCUT2D eigenvalue weighted by molar-refractivity contribution is 5.67. The molecule has 0 bridgehead atoms. The van der Waals surface area contributed by atoms with E-state index >= 15 is 0 Å². The van der Waals surface area contributed by atoms with Crippen LogP contribution in [0.15, 0.2) is 0 Å². The zero-order valence-corrected chi connectivity index (χ0v) is 11.2. The Hall–Kier alpha value is -0.650. The van der Waals surface area contributed by atoms with Crippen molar-refractivity contribution in [2.45, 2.75) is 25.4 Å². The molecule has 0 aliphatic carbocycles. The molecule has 1 atom stereocenters. The van der Waals surface area contributed by atoms with Gasteiger partial charge in [0.2, 0.25) is 0 Å². The van der Waals surface area contributed by atoms with Crippen LogP contribution in [0.2, 0.25) is 0 Å². The number of nitrogens with zero attached hydrogens (tertiary/aromatic N) is 2. The van der Waals surface area contributed by atoms with E-state index in [0.717, 1.165) is 52.2 Å². The topological polar surface area (TPSA) is 53.0 Å². The Bertz CT molecular complexity index is 277. The van der Waals surface area contributed by atoms with Crippen molar-refractivity contribution in [3.8, 4) is 0 Å². The standard InChI is InChI=1S/C13H24N2O3/c1-14-6-7-18-12(9-14)10-15-4-2-11(3-5-15)8-13(16)17/h11-12H,2-10H2,1H3,(H,16,17). The van der Waals surface area contributed by atoms with Gasteiger partial charge in [0, 0.05) is 26.1 Å². The highest BCUT2D eigenvalue weighted by Gasteiger charge is 2.25. The van der Waals surface area contributed by atoms with E-state index < -0.39 is 5.97 Å². The first kappa shape index (κ1) is 13.8. The molecule has 0 aromatic carbocycles. The predicted molar refractivity (Wildman–Crippen MR) is 68.7 cm³/mol. The Morgan fingerprint density at radius 3 is 2.67 bits per heavy atom. The van der Waals surface area contributed by atoms with Crippen LogP contribution in [0.5, 0.6) is 0 Å². The van der Waals surface area contributed by atoms with Gasteiger partial charge in [-0.05, 0) is 38.9 Å². The quantitative estimate of drug-likeness (QED) is 0.794. The number of aliphatic carboxylic acids is 1. The maximum absolute atomic E-state index is 10.7. The fourth-order valence-electron chi connectivity index (χ4n) is 2.89. The molecule has 0 amide bonds. The first-order valence-electron chi connectivity index (χ1n) is 6.88. The zero-order chi connectivity index (χ0) is 13.0. The highest BCUT2D eigenvalue weighted by Crippen LogP contribution is 2.21. The molecule has 0 spiro atoms. The molecule has 2 saturated heterocycles. The van der Waals surface area contributed by atoms with Crippen LogP contribution in [0.25, 0.3) is 0 Å².